The first-order valence-electron chi connectivity index (χ1n) is 5.17. The van der Waals surface area contributed by atoms with Gasteiger partial charge in [0.2, 0.25) is 0 Å². The van der Waals surface area contributed by atoms with Crippen molar-refractivity contribution in [3.63, 3.8) is 0 Å². The summed E-state index contributed by atoms with van der Waals surface area (Å²) in [4.78, 5) is 34.4. The second kappa shape index (κ2) is 3.92. The standard InChI is InChI=1S/C11H13F3O3/c1-5-4-10(2,3)8(16)6(7(5)15)9(17)11(12,13)14/h5-6H,4H2,1-3H3. The van der Waals surface area contributed by atoms with Crippen molar-refractivity contribution in [1.82, 2.24) is 0 Å². The molecule has 96 valence electrons. The van der Waals surface area contributed by atoms with Gasteiger partial charge in [-0.3, -0.25) is 14.4 Å². The molecular weight excluding hydrogens is 237 g/mol. The van der Waals surface area contributed by atoms with E-state index in [-0.39, 0.29) is 6.42 Å². The lowest BCUT2D eigenvalue weighted by Gasteiger charge is -2.35. The first-order chi connectivity index (χ1) is 7.48. The Hall–Kier alpha value is -1.20. The number of ketones is 3. The minimum absolute atomic E-state index is 0.173. The molecule has 1 aliphatic carbocycles. The molecule has 6 heteroatoms. The monoisotopic (exact) mass is 250 g/mol. The first kappa shape index (κ1) is 13.9. The predicted octanol–water partition coefficient (Wildman–Crippen LogP) is 1.94. The van der Waals surface area contributed by atoms with Crippen molar-refractivity contribution in [1.29, 1.82) is 0 Å². The van der Waals surface area contributed by atoms with Crippen LogP contribution in [-0.2, 0) is 14.4 Å². The summed E-state index contributed by atoms with van der Waals surface area (Å²) in [7, 11) is 0. The lowest BCUT2D eigenvalue weighted by molar-refractivity contribution is -0.180. The van der Waals surface area contributed by atoms with Crippen LogP contribution in [0.25, 0.3) is 0 Å². The summed E-state index contributed by atoms with van der Waals surface area (Å²) in [5, 5.41) is 0. The smallest absolute Gasteiger partial charge is 0.298 e. The molecule has 0 N–H and O–H groups in total. The van der Waals surface area contributed by atoms with Gasteiger partial charge in [0.1, 0.15) is 5.92 Å². The fourth-order valence-corrected chi connectivity index (χ4v) is 2.18. The summed E-state index contributed by atoms with van der Waals surface area (Å²) in [5.41, 5.74) is -1.07. The summed E-state index contributed by atoms with van der Waals surface area (Å²) in [5.74, 6) is -6.97. The highest BCUT2D eigenvalue weighted by atomic mass is 19.4. The van der Waals surface area contributed by atoms with Gasteiger partial charge in [-0.25, -0.2) is 0 Å². The molecule has 3 nitrogen and oxygen atoms in total. The van der Waals surface area contributed by atoms with Crippen LogP contribution in [0.3, 0.4) is 0 Å². The van der Waals surface area contributed by atoms with Crippen molar-refractivity contribution >= 4 is 17.3 Å². The highest BCUT2D eigenvalue weighted by Crippen LogP contribution is 2.39. The number of rotatable bonds is 1. The van der Waals surface area contributed by atoms with Gasteiger partial charge < -0.3 is 0 Å². The van der Waals surface area contributed by atoms with Crippen molar-refractivity contribution in [2.24, 2.45) is 17.3 Å². The van der Waals surface area contributed by atoms with E-state index in [1.165, 1.54) is 20.8 Å². The summed E-state index contributed by atoms with van der Waals surface area (Å²) in [6, 6.07) is 0. The van der Waals surface area contributed by atoms with Gasteiger partial charge in [-0.05, 0) is 6.42 Å². The average molecular weight is 250 g/mol. The fraction of sp³-hybridized carbons (Fsp3) is 0.727. The Morgan fingerprint density at radius 1 is 1.29 bits per heavy atom. The van der Waals surface area contributed by atoms with Gasteiger partial charge in [-0.15, -0.1) is 0 Å². The molecule has 1 fully saturated rings. The molecule has 1 saturated carbocycles. The maximum atomic E-state index is 12.3. The molecule has 1 rings (SSSR count). The molecule has 2 atom stereocenters. The van der Waals surface area contributed by atoms with Crippen LogP contribution in [0.1, 0.15) is 27.2 Å². The van der Waals surface area contributed by atoms with E-state index < -0.39 is 40.8 Å². The van der Waals surface area contributed by atoms with Crippen LogP contribution in [-0.4, -0.2) is 23.5 Å². The van der Waals surface area contributed by atoms with Crippen molar-refractivity contribution in [3.8, 4) is 0 Å². The Morgan fingerprint density at radius 3 is 2.18 bits per heavy atom. The maximum Gasteiger partial charge on any atom is 0.451 e. The molecule has 0 aromatic heterocycles. The normalized spacial score (nSPS) is 29.3. The number of carbonyl (C=O) groups is 3. The molecule has 2 unspecified atom stereocenters. The van der Waals surface area contributed by atoms with Crippen LogP contribution in [0.15, 0.2) is 0 Å². The van der Waals surface area contributed by atoms with Gasteiger partial charge in [-0.2, -0.15) is 13.2 Å². The molecule has 0 amide bonds. The van der Waals surface area contributed by atoms with Gasteiger partial charge in [-0.1, -0.05) is 20.8 Å². The molecule has 0 heterocycles. The van der Waals surface area contributed by atoms with E-state index in [0.29, 0.717) is 0 Å². The van der Waals surface area contributed by atoms with E-state index in [0.717, 1.165) is 0 Å². The van der Waals surface area contributed by atoms with Crippen molar-refractivity contribution in [2.45, 2.75) is 33.4 Å². The highest BCUT2D eigenvalue weighted by Gasteiger charge is 2.55. The number of halogens is 3. The molecule has 0 saturated heterocycles. The SMILES string of the molecule is CC1CC(C)(C)C(=O)C(C(=O)C(F)(F)F)C1=O. The van der Waals surface area contributed by atoms with Crippen LogP contribution in [0, 0.1) is 17.3 Å². The van der Waals surface area contributed by atoms with E-state index in [1.54, 1.807) is 0 Å². The van der Waals surface area contributed by atoms with E-state index in [4.69, 9.17) is 0 Å². The number of alkyl halides is 3. The molecule has 0 radical (unpaired) electrons. The quantitative estimate of drug-likeness (QED) is 0.668. The van der Waals surface area contributed by atoms with Crippen molar-refractivity contribution in [3.05, 3.63) is 0 Å². The molecule has 1 aliphatic rings. The summed E-state index contributed by atoms with van der Waals surface area (Å²) in [6.45, 7) is 4.34. The van der Waals surface area contributed by atoms with E-state index in [2.05, 4.69) is 0 Å². The van der Waals surface area contributed by atoms with Gasteiger partial charge in [0.15, 0.2) is 11.6 Å². The summed E-state index contributed by atoms with van der Waals surface area (Å²) in [6.07, 6.45) is -4.98. The number of carbonyl (C=O) groups excluding carboxylic acids is 3. The van der Waals surface area contributed by atoms with E-state index in [1.807, 2.05) is 0 Å². The largest absolute Gasteiger partial charge is 0.451 e. The highest BCUT2D eigenvalue weighted by molar-refractivity contribution is 6.23. The van der Waals surface area contributed by atoms with E-state index in [9.17, 15) is 27.6 Å². The maximum absolute atomic E-state index is 12.3. The van der Waals surface area contributed by atoms with Crippen LogP contribution in [0.5, 0.6) is 0 Å². The summed E-state index contributed by atoms with van der Waals surface area (Å²) < 4.78 is 36.9. The zero-order chi connectivity index (χ0) is 13.6. The Balaban J connectivity index is 3.16. The zero-order valence-electron chi connectivity index (χ0n) is 9.72. The van der Waals surface area contributed by atoms with Gasteiger partial charge in [0.05, 0.1) is 0 Å². The Labute approximate surface area is 96.4 Å². The van der Waals surface area contributed by atoms with Gasteiger partial charge in [0.25, 0.3) is 5.78 Å². The molecule has 0 aromatic carbocycles. The van der Waals surface area contributed by atoms with Gasteiger partial charge >= 0.3 is 6.18 Å². The molecule has 0 aliphatic heterocycles. The molecule has 0 spiro atoms. The average Bonchev–Trinajstić information content (AvgIpc) is 2.13. The van der Waals surface area contributed by atoms with Crippen LogP contribution >= 0.6 is 0 Å². The summed E-state index contributed by atoms with van der Waals surface area (Å²) >= 11 is 0. The third-order valence-electron chi connectivity index (χ3n) is 3.06. The number of hydrogen-bond acceptors (Lipinski definition) is 3. The Bertz CT molecular complexity index is 374. The Kier molecular flexibility index (Phi) is 3.20. The van der Waals surface area contributed by atoms with Crippen LogP contribution in [0.2, 0.25) is 0 Å². The minimum atomic E-state index is -5.15. The van der Waals surface area contributed by atoms with Gasteiger partial charge in [0, 0.05) is 11.3 Å². The fourth-order valence-electron chi connectivity index (χ4n) is 2.18. The van der Waals surface area contributed by atoms with Crippen LogP contribution < -0.4 is 0 Å². The third-order valence-corrected chi connectivity index (χ3v) is 3.06. The minimum Gasteiger partial charge on any atom is -0.298 e. The van der Waals surface area contributed by atoms with Crippen molar-refractivity contribution < 1.29 is 27.6 Å². The molecule has 0 aromatic rings. The lowest BCUT2D eigenvalue weighted by atomic mass is 9.65. The number of Topliss-reactive ketones (excluding diaryl/α,β-unsaturated/α-hetero) is 3. The molecule has 17 heavy (non-hydrogen) atoms. The molecular formula is C11H13F3O3. The Morgan fingerprint density at radius 2 is 1.76 bits per heavy atom. The topological polar surface area (TPSA) is 51.2 Å². The third kappa shape index (κ3) is 2.40. The van der Waals surface area contributed by atoms with E-state index >= 15 is 0 Å². The molecule has 0 bridgehead atoms. The number of hydrogen-bond donors (Lipinski definition) is 0. The van der Waals surface area contributed by atoms with Crippen LogP contribution in [0.4, 0.5) is 13.2 Å². The second-order valence-corrected chi connectivity index (χ2v) is 5.05. The first-order valence-corrected chi connectivity index (χ1v) is 5.17. The predicted molar refractivity (Wildman–Crippen MR) is 52.1 cm³/mol. The van der Waals surface area contributed by atoms with Crippen molar-refractivity contribution in [2.75, 3.05) is 0 Å². The zero-order valence-corrected chi connectivity index (χ0v) is 9.72. The lowest BCUT2D eigenvalue weighted by Crippen LogP contribution is -2.51. The second-order valence-electron chi connectivity index (χ2n) is 5.05.